The van der Waals surface area contributed by atoms with Crippen LogP contribution in [0.1, 0.15) is 35.6 Å². The highest BCUT2D eigenvalue weighted by molar-refractivity contribution is 7.08. The predicted octanol–water partition coefficient (Wildman–Crippen LogP) is 1.49. The Hall–Kier alpha value is -0.970. The van der Waals surface area contributed by atoms with E-state index in [0.717, 1.165) is 24.6 Å². The number of aromatic nitrogens is 2. The third kappa shape index (κ3) is 2.34. The molecule has 0 aliphatic heterocycles. The number of rotatable bonds is 4. The summed E-state index contributed by atoms with van der Waals surface area (Å²) in [6, 6.07) is 0. The lowest BCUT2D eigenvalue weighted by molar-refractivity contribution is 0.0954. The minimum Gasteiger partial charge on any atom is -0.351 e. The summed E-state index contributed by atoms with van der Waals surface area (Å²) < 4.78 is 3.80. The van der Waals surface area contributed by atoms with Crippen LogP contribution in [0.15, 0.2) is 0 Å². The first kappa shape index (κ1) is 10.5. The maximum Gasteiger partial charge on any atom is 0.264 e. The Morgan fingerprint density at radius 1 is 1.67 bits per heavy atom. The van der Waals surface area contributed by atoms with Crippen LogP contribution < -0.4 is 5.32 Å². The van der Waals surface area contributed by atoms with Crippen LogP contribution in [0.4, 0.5) is 0 Å². The zero-order valence-electron chi connectivity index (χ0n) is 8.99. The first-order chi connectivity index (χ1) is 7.22. The third-order valence-electron chi connectivity index (χ3n) is 2.90. The van der Waals surface area contributed by atoms with Crippen LogP contribution in [-0.2, 0) is 6.42 Å². The molecular weight excluding hydrogens is 210 g/mol. The van der Waals surface area contributed by atoms with Crippen LogP contribution in [0.5, 0.6) is 0 Å². The van der Waals surface area contributed by atoms with Gasteiger partial charge in [0.1, 0.15) is 4.88 Å². The molecule has 1 saturated carbocycles. The second-order valence-corrected chi connectivity index (χ2v) is 4.84. The molecule has 1 aliphatic carbocycles. The molecule has 0 radical (unpaired) electrons. The number of aryl methyl sites for hydroxylation is 1. The lowest BCUT2D eigenvalue weighted by Gasteiger charge is -2.02. The smallest absolute Gasteiger partial charge is 0.264 e. The molecule has 1 fully saturated rings. The van der Waals surface area contributed by atoms with Crippen molar-refractivity contribution in [3.8, 4) is 0 Å². The van der Waals surface area contributed by atoms with Crippen molar-refractivity contribution in [1.29, 1.82) is 0 Å². The van der Waals surface area contributed by atoms with Gasteiger partial charge < -0.3 is 5.32 Å². The first-order valence-corrected chi connectivity index (χ1v) is 6.09. The molecule has 82 valence electrons. The summed E-state index contributed by atoms with van der Waals surface area (Å²) in [7, 11) is 0. The van der Waals surface area contributed by atoms with Crippen molar-refractivity contribution in [2.45, 2.75) is 26.7 Å². The third-order valence-corrected chi connectivity index (χ3v) is 3.66. The van der Waals surface area contributed by atoms with Crippen LogP contribution in [0.3, 0.4) is 0 Å². The van der Waals surface area contributed by atoms with Crippen molar-refractivity contribution in [2.24, 2.45) is 11.8 Å². The summed E-state index contributed by atoms with van der Waals surface area (Å²) in [6.45, 7) is 4.99. The molecule has 1 aliphatic rings. The Morgan fingerprint density at radius 2 is 2.40 bits per heavy atom. The van der Waals surface area contributed by atoms with E-state index in [0.29, 0.717) is 10.8 Å². The van der Waals surface area contributed by atoms with E-state index in [1.54, 1.807) is 0 Å². The standard InChI is InChI=1S/C10H15N3OS/c1-3-8-9(15-13-12-8)10(14)11-5-7-4-6(7)2/h6-7H,3-5H2,1-2H3,(H,11,14)/t6-,7+/m1/s1. The van der Waals surface area contributed by atoms with E-state index in [1.807, 2.05) is 6.92 Å². The minimum atomic E-state index is -0.0130. The summed E-state index contributed by atoms with van der Waals surface area (Å²) in [5.74, 6) is 1.44. The highest BCUT2D eigenvalue weighted by Gasteiger charge is 2.32. The average Bonchev–Trinajstić information content (AvgIpc) is 2.78. The fourth-order valence-corrected chi connectivity index (χ4v) is 2.27. The lowest BCUT2D eigenvalue weighted by Crippen LogP contribution is -2.25. The Morgan fingerprint density at radius 3 is 3.00 bits per heavy atom. The molecule has 0 spiro atoms. The molecule has 1 aromatic heterocycles. The first-order valence-electron chi connectivity index (χ1n) is 5.31. The Bertz CT molecular complexity index is 363. The van der Waals surface area contributed by atoms with E-state index in [1.165, 1.54) is 18.0 Å². The maximum absolute atomic E-state index is 11.7. The zero-order chi connectivity index (χ0) is 10.8. The molecule has 5 heteroatoms. The topological polar surface area (TPSA) is 54.9 Å². The van der Waals surface area contributed by atoms with Gasteiger partial charge in [0.05, 0.1) is 5.69 Å². The Balaban J connectivity index is 1.90. The molecule has 4 nitrogen and oxygen atoms in total. The summed E-state index contributed by atoms with van der Waals surface area (Å²) in [6.07, 6.45) is 2.00. The van der Waals surface area contributed by atoms with Crippen molar-refractivity contribution >= 4 is 17.4 Å². The number of carbonyl (C=O) groups excluding carboxylic acids is 1. The second-order valence-electron chi connectivity index (χ2n) is 4.09. The summed E-state index contributed by atoms with van der Waals surface area (Å²) in [5.41, 5.74) is 0.807. The Kier molecular flexibility index (Phi) is 3.00. The molecule has 2 atom stereocenters. The van der Waals surface area contributed by atoms with Gasteiger partial charge in [-0.05, 0) is 36.2 Å². The molecular formula is C10H15N3OS. The van der Waals surface area contributed by atoms with E-state index < -0.39 is 0 Å². The van der Waals surface area contributed by atoms with Crippen molar-refractivity contribution < 1.29 is 4.79 Å². The fraction of sp³-hybridized carbons (Fsp3) is 0.700. The number of nitrogens with zero attached hydrogens (tertiary/aromatic N) is 2. The van der Waals surface area contributed by atoms with Gasteiger partial charge in [-0.25, -0.2) is 0 Å². The van der Waals surface area contributed by atoms with Crippen LogP contribution in [0.2, 0.25) is 0 Å². The molecule has 0 unspecified atom stereocenters. The highest BCUT2D eigenvalue weighted by atomic mass is 32.1. The largest absolute Gasteiger partial charge is 0.351 e. The molecule has 0 aromatic carbocycles. The zero-order valence-corrected chi connectivity index (χ0v) is 9.80. The molecule has 1 N–H and O–H groups in total. The van der Waals surface area contributed by atoms with Gasteiger partial charge in [0.25, 0.3) is 5.91 Å². The number of hydrogen-bond acceptors (Lipinski definition) is 4. The maximum atomic E-state index is 11.7. The van der Waals surface area contributed by atoms with Gasteiger partial charge in [-0.3, -0.25) is 4.79 Å². The molecule has 1 aromatic rings. The van der Waals surface area contributed by atoms with E-state index in [4.69, 9.17) is 0 Å². The van der Waals surface area contributed by atoms with Gasteiger partial charge in [-0.2, -0.15) is 0 Å². The van der Waals surface area contributed by atoms with E-state index in [-0.39, 0.29) is 5.91 Å². The van der Waals surface area contributed by atoms with Gasteiger partial charge in [-0.1, -0.05) is 18.3 Å². The van der Waals surface area contributed by atoms with E-state index in [2.05, 4.69) is 21.8 Å². The normalized spacial score (nSPS) is 23.9. The number of amides is 1. The van der Waals surface area contributed by atoms with Crippen molar-refractivity contribution in [2.75, 3.05) is 6.54 Å². The lowest BCUT2D eigenvalue weighted by atomic mass is 10.3. The van der Waals surface area contributed by atoms with Gasteiger partial charge >= 0.3 is 0 Å². The van der Waals surface area contributed by atoms with Crippen LogP contribution in [0.25, 0.3) is 0 Å². The minimum absolute atomic E-state index is 0.0130. The average molecular weight is 225 g/mol. The van der Waals surface area contributed by atoms with Crippen molar-refractivity contribution in [3.05, 3.63) is 10.6 Å². The quantitative estimate of drug-likeness (QED) is 0.844. The summed E-state index contributed by atoms with van der Waals surface area (Å²) >= 11 is 1.18. The second kappa shape index (κ2) is 4.26. The van der Waals surface area contributed by atoms with Crippen LogP contribution in [0, 0.1) is 11.8 Å². The molecule has 1 amide bonds. The predicted molar refractivity (Wildman–Crippen MR) is 58.9 cm³/mol. The van der Waals surface area contributed by atoms with Crippen LogP contribution in [-0.4, -0.2) is 22.0 Å². The van der Waals surface area contributed by atoms with Gasteiger partial charge in [0.2, 0.25) is 0 Å². The number of carbonyl (C=O) groups is 1. The molecule has 15 heavy (non-hydrogen) atoms. The van der Waals surface area contributed by atoms with Crippen LogP contribution >= 0.6 is 11.5 Å². The van der Waals surface area contributed by atoms with Crippen molar-refractivity contribution in [1.82, 2.24) is 14.9 Å². The number of hydrogen-bond donors (Lipinski definition) is 1. The van der Waals surface area contributed by atoms with E-state index >= 15 is 0 Å². The van der Waals surface area contributed by atoms with Gasteiger partial charge in [0.15, 0.2) is 0 Å². The van der Waals surface area contributed by atoms with Gasteiger partial charge in [-0.15, -0.1) is 5.10 Å². The molecule has 0 saturated heterocycles. The summed E-state index contributed by atoms with van der Waals surface area (Å²) in [5, 5.41) is 6.86. The monoisotopic (exact) mass is 225 g/mol. The molecule has 1 heterocycles. The number of nitrogens with one attached hydrogen (secondary N) is 1. The van der Waals surface area contributed by atoms with Crippen molar-refractivity contribution in [3.63, 3.8) is 0 Å². The molecule has 0 bridgehead atoms. The van der Waals surface area contributed by atoms with E-state index in [9.17, 15) is 4.79 Å². The SMILES string of the molecule is CCc1nnsc1C(=O)NC[C@@H]1C[C@H]1C. The van der Waals surface area contributed by atoms with Gasteiger partial charge in [0, 0.05) is 6.54 Å². The molecule has 2 rings (SSSR count). The Labute approximate surface area is 93.2 Å². The highest BCUT2D eigenvalue weighted by Crippen LogP contribution is 2.36. The fourth-order valence-electron chi connectivity index (χ4n) is 1.60. The summed E-state index contributed by atoms with van der Waals surface area (Å²) in [4.78, 5) is 12.4.